The molecule has 6 heteroatoms. The van der Waals surface area contributed by atoms with Crippen LogP contribution in [0.1, 0.15) is 49.9 Å². The zero-order valence-electron chi connectivity index (χ0n) is 15.6. The molecule has 1 aromatic heterocycles. The quantitative estimate of drug-likeness (QED) is 0.893. The van der Waals surface area contributed by atoms with Gasteiger partial charge in [-0.05, 0) is 48.6 Å². The van der Waals surface area contributed by atoms with Gasteiger partial charge in [0.05, 0.1) is 5.60 Å². The average Bonchev–Trinajstić information content (AvgIpc) is 3.09. The molecule has 0 unspecified atom stereocenters. The third-order valence-electron chi connectivity index (χ3n) is 6.39. The highest BCUT2D eigenvalue weighted by Gasteiger charge is 2.48. The predicted molar refractivity (Wildman–Crippen MR) is 99.4 cm³/mol. The number of piperidine rings is 1. The smallest absolute Gasteiger partial charge is 0.148 e. The maximum atomic E-state index is 11.6. The van der Waals surface area contributed by atoms with E-state index in [0.717, 1.165) is 50.3 Å². The Morgan fingerprint density at radius 3 is 2.73 bits per heavy atom. The number of tetrazole rings is 1. The SMILES string of the molecule is Cc1nnnn1CCCN1CC[C@](O)(c2ccccc2)[C@@H]2CCCC[C@H]21. The van der Waals surface area contributed by atoms with Crippen molar-refractivity contribution < 1.29 is 5.11 Å². The van der Waals surface area contributed by atoms with Crippen LogP contribution in [0.25, 0.3) is 0 Å². The highest BCUT2D eigenvalue weighted by Crippen LogP contribution is 2.46. The molecule has 0 bridgehead atoms. The number of aryl methyl sites for hydroxylation is 2. The van der Waals surface area contributed by atoms with Gasteiger partial charge in [0.1, 0.15) is 5.82 Å². The number of hydrogen-bond donors (Lipinski definition) is 1. The van der Waals surface area contributed by atoms with Crippen molar-refractivity contribution in [2.45, 2.75) is 63.6 Å². The Hall–Kier alpha value is -1.79. The van der Waals surface area contributed by atoms with Gasteiger partial charge in [-0.3, -0.25) is 4.90 Å². The molecule has 0 radical (unpaired) electrons. The van der Waals surface area contributed by atoms with E-state index in [1.54, 1.807) is 0 Å². The lowest BCUT2D eigenvalue weighted by molar-refractivity contribution is -0.121. The fourth-order valence-corrected chi connectivity index (χ4v) is 5.01. The van der Waals surface area contributed by atoms with Gasteiger partial charge in [0.15, 0.2) is 0 Å². The summed E-state index contributed by atoms with van der Waals surface area (Å²) in [5.41, 5.74) is 0.427. The normalized spacial score (nSPS) is 29.5. The van der Waals surface area contributed by atoms with E-state index in [0.29, 0.717) is 12.0 Å². The number of rotatable bonds is 5. The average molecular weight is 355 g/mol. The van der Waals surface area contributed by atoms with E-state index in [9.17, 15) is 5.11 Å². The van der Waals surface area contributed by atoms with E-state index in [1.807, 2.05) is 29.8 Å². The second-order valence-corrected chi connectivity index (χ2v) is 7.84. The van der Waals surface area contributed by atoms with E-state index >= 15 is 0 Å². The molecule has 6 nitrogen and oxygen atoms in total. The van der Waals surface area contributed by atoms with Gasteiger partial charge in [-0.15, -0.1) is 5.10 Å². The minimum atomic E-state index is -0.671. The molecule has 2 heterocycles. The predicted octanol–water partition coefficient (Wildman–Crippen LogP) is 2.52. The van der Waals surface area contributed by atoms with E-state index in [-0.39, 0.29) is 0 Å². The number of benzene rings is 1. The summed E-state index contributed by atoms with van der Waals surface area (Å²) in [4.78, 5) is 2.61. The standard InChI is InChI=1S/C20H29N5O/c1-16-21-22-23-25(16)14-7-13-24-15-12-20(26,17-8-3-2-4-9-17)18-10-5-6-11-19(18)24/h2-4,8-9,18-19,26H,5-7,10-15H2,1H3/t18-,19-,20+/m1/s1. The van der Waals surface area contributed by atoms with Crippen LogP contribution in [0, 0.1) is 12.8 Å². The van der Waals surface area contributed by atoms with Crippen molar-refractivity contribution in [3.63, 3.8) is 0 Å². The molecule has 1 aromatic carbocycles. The molecular formula is C20H29N5O. The minimum Gasteiger partial charge on any atom is -0.385 e. The molecule has 2 fully saturated rings. The number of likely N-dealkylation sites (tertiary alicyclic amines) is 1. The van der Waals surface area contributed by atoms with Crippen LogP contribution in [0.15, 0.2) is 30.3 Å². The molecule has 4 rings (SSSR count). The van der Waals surface area contributed by atoms with Crippen molar-refractivity contribution >= 4 is 0 Å². The zero-order valence-corrected chi connectivity index (χ0v) is 15.6. The first-order valence-electron chi connectivity index (χ1n) is 9.93. The maximum Gasteiger partial charge on any atom is 0.148 e. The number of aromatic nitrogens is 4. The lowest BCUT2D eigenvalue weighted by atomic mass is 9.66. The first-order chi connectivity index (χ1) is 12.7. The van der Waals surface area contributed by atoms with Gasteiger partial charge in [-0.25, -0.2) is 4.68 Å². The largest absolute Gasteiger partial charge is 0.385 e. The molecular weight excluding hydrogens is 326 g/mol. The Balaban J connectivity index is 1.45. The lowest BCUT2D eigenvalue weighted by Gasteiger charge is -2.52. The monoisotopic (exact) mass is 355 g/mol. The third-order valence-corrected chi connectivity index (χ3v) is 6.39. The molecule has 1 saturated heterocycles. The number of nitrogens with zero attached hydrogens (tertiary/aromatic N) is 5. The molecule has 2 aliphatic rings. The summed E-state index contributed by atoms with van der Waals surface area (Å²) in [5, 5.41) is 23.3. The summed E-state index contributed by atoms with van der Waals surface area (Å²) in [6, 6.07) is 10.8. The van der Waals surface area contributed by atoms with Crippen molar-refractivity contribution in [1.82, 2.24) is 25.1 Å². The van der Waals surface area contributed by atoms with Crippen LogP contribution < -0.4 is 0 Å². The molecule has 1 saturated carbocycles. The fourth-order valence-electron chi connectivity index (χ4n) is 5.01. The van der Waals surface area contributed by atoms with Crippen molar-refractivity contribution in [1.29, 1.82) is 0 Å². The Bertz CT molecular complexity index is 718. The molecule has 3 atom stereocenters. The van der Waals surface area contributed by atoms with E-state index in [4.69, 9.17) is 0 Å². The summed E-state index contributed by atoms with van der Waals surface area (Å²) in [5.74, 6) is 1.21. The molecule has 1 aliphatic heterocycles. The summed E-state index contributed by atoms with van der Waals surface area (Å²) in [6.07, 6.45) is 6.69. The van der Waals surface area contributed by atoms with Crippen LogP contribution in [-0.2, 0) is 12.1 Å². The number of hydrogen-bond acceptors (Lipinski definition) is 5. The Morgan fingerprint density at radius 2 is 1.96 bits per heavy atom. The summed E-state index contributed by atoms with van der Waals surface area (Å²) in [7, 11) is 0. The van der Waals surface area contributed by atoms with Gasteiger partial charge < -0.3 is 5.11 Å². The van der Waals surface area contributed by atoms with Crippen molar-refractivity contribution in [3.8, 4) is 0 Å². The second-order valence-electron chi connectivity index (χ2n) is 7.84. The van der Waals surface area contributed by atoms with Gasteiger partial charge >= 0.3 is 0 Å². The first kappa shape index (κ1) is 17.6. The van der Waals surface area contributed by atoms with Crippen LogP contribution in [0.3, 0.4) is 0 Å². The summed E-state index contributed by atoms with van der Waals surface area (Å²) in [6.45, 7) is 4.81. The number of aliphatic hydroxyl groups is 1. The second kappa shape index (κ2) is 7.45. The molecule has 2 aromatic rings. The van der Waals surface area contributed by atoms with E-state index in [1.165, 1.54) is 19.3 Å². The van der Waals surface area contributed by atoms with E-state index in [2.05, 4.69) is 32.6 Å². The molecule has 1 N–H and O–H groups in total. The van der Waals surface area contributed by atoms with Crippen molar-refractivity contribution in [2.24, 2.45) is 5.92 Å². The lowest BCUT2D eigenvalue weighted by Crippen LogP contribution is -2.57. The maximum absolute atomic E-state index is 11.6. The Morgan fingerprint density at radius 1 is 1.15 bits per heavy atom. The first-order valence-corrected chi connectivity index (χ1v) is 9.93. The number of fused-ring (bicyclic) bond motifs is 1. The van der Waals surface area contributed by atoms with Crippen LogP contribution in [-0.4, -0.2) is 49.3 Å². The molecule has 1 aliphatic carbocycles. The van der Waals surface area contributed by atoms with Gasteiger partial charge in [-0.2, -0.15) is 0 Å². The van der Waals surface area contributed by atoms with Crippen LogP contribution in [0.2, 0.25) is 0 Å². The molecule has 0 spiro atoms. The van der Waals surface area contributed by atoms with E-state index < -0.39 is 5.60 Å². The zero-order chi connectivity index (χ0) is 18.0. The van der Waals surface area contributed by atoms with Crippen LogP contribution in [0.4, 0.5) is 0 Å². The van der Waals surface area contributed by atoms with Gasteiger partial charge in [-0.1, -0.05) is 43.2 Å². The van der Waals surface area contributed by atoms with Gasteiger partial charge in [0.2, 0.25) is 0 Å². The molecule has 0 amide bonds. The molecule has 26 heavy (non-hydrogen) atoms. The highest BCUT2D eigenvalue weighted by molar-refractivity contribution is 5.25. The van der Waals surface area contributed by atoms with Gasteiger partial charge in [0.25, 0.3) is 0 Å². The highest BCUT2D eigenvalue weighted by atomic mass is 16.3. The van der Waals surface area contributed by atoms with Crippen LogP contribution >= 0.6 is 0 Å². The topological polar surface area (TPSA) is 67.1 Å². The Kier molecular flexibility index (Phi) is 5.05. The van der Waals surface area contributed by atoms with Crippen LogP contribution in [0.5, 0.6) is 0 Å². The molecule has 140 valence electrons. The fraction of sp³-hybridized carbons (Fsp3) is 0.650. The van der Waals surface area contributed by atoms with Gasteiger partial charge in [0, 0.05) is 31.6 Å². The summed E-state index contributed by atoms with van der Waals surface area (Å²) < 4.78 is 1.88. The minimum absolute atomic E-state index is 0.335. The summed E-state index contributed by atoms with van der Waals surface area (Å²) >= 11 is 0. The van der Waals surface area contributed by atoms with Crippen molar-refractivity contribution in [3.05, 3.63) is 41.7 Å². The third kappa shape index (κ3) is 3.28. The van der Waals surface area contributed by atoms with Crippen molar-refractivity contribution in [2.75, 3.05) is 13.1 Å². The Labute approximate surface area is 155 Å².